The van der Waals surface area contributed by atoms with Gasteiger partial charge in [0.25, 0.3) is 5.91 Å². The predicted octanol–water partition coefficient (Wildman–Crippen LogP) is 4.45. The van der Waals surface area contributed by atoms with Gasteiger partial charge >= 0.3 is 0 Å². The lowest BCUT2D eigenvalue weighted by molar-refractivity contribution is -0.113. The van der Waals surface area contributed by atoms with Gasteiger partial charge < -0.3 is 15.2 Å². The highest BCUT2D eigenvalue weighted by Crippen LogP contribution is 2.24. The van der Waals surface area contributed by atoms with Crippen LogP contribution in [0.2, 0.25) is 10.0 Å². The number of rotatable bonds is 9. The second-order valence-electron chi connectivity index (χ2n) is 6.23. The van der Waals surface area contributed by atoms with Gasteiger partial charge in [-0.05, 0) is 25.1 Å². The maximum Gasteiger partial charge on any atom is 0.253 e. The maximum atomic E-state index is 12.6. The van der Waals surface area contributed by atoms with Gasteiger partial charge in [-0.25, -0.2) is 4.98 Å². The van der Waals surface area contributed by atoms with Crippen LogP contribution in [0, 0.1) is 0 Å². The highest BCUT2D eigenvalue weighted by Gasteiger charge is 2.21. The van der Waals surface area contributed by atoms with Crippen LogP contribution >= 0.6 is 46.3 Å². The van der Waals surface area contributed by atoms with Crippen LogP contribution in [0.5, 0.6) is 0 Å². The number of carbonyl (C=O) groups is 2. The minimum absolute atomic E-state index is 0.135. The summed E-state index contributed by atoms with van der Waals surface area (Å²) in [6.45, 7) is 5.97. The molecule has 0 unspecified atom stereocenters. The Bertz CT molecular complexity index is 1090. The standard InChI is InChI=1S/C19H18Cl2N6O2S2/c1-3-7-27-16(11(2)23-17(29)13-5-4-12(20)9-14(13)21)25-26-19(27)31-10-15(28)24-18-22-6-8-30-18/h3-6,8-9,11H,1,7,10H2,2H3,(H,23,29)(H,22,24,28)/t11-/m0/s1. The minimum Gasteiger partial charge on any atom is -0.342 e. The molecular weight excluding hydrogens is 479 g/mol. The number of nitrogens with zero attached hydrogens (tertiary/aromatic N) is 4. The largest absolute Gasteiger partial charge is 0.342 e. The van der Waals surface area contributed by atoms with Gasteiger partial charge in [0.1, 0.15) is 0 Å². The second kappa shape index (κ2) is 10.8. The van der Waals surface area contributed by atoms with Crippen LogP contribution in [0.4, 0.5) is 5.13 Å². The Morgan fingerprint density at radius 1 is 1.35 bits per heavy atom. The van der Waals surface area contributed by atoms with Crippen molar-refractivity contribution >= 4 is 63.2 Å². The fourth-order valence-electron chi connectivity index (χ4n) is 2.61. The summed E-state index contributed by atoms with van der Waals surface area (Å²) in [7, 11) is 0. The molecule has 2 N–H and O–H groups in total. The molecule has 0 saturated carbocycles. The van der Waals surface area contributed by atoms with E-state index in [-0.39, 0.29) is 22.6 Å². The van der Waals surface area contributed by atoms with E-state index in [2.05, 4.69) is 32.4 Å². The SMILES string of the molecule is C=CCn1c(SCC(=O)Nc2nccs2)nnc1[C@H](C)NC(=O)c1ccc(Cl)cc1Cl. The lowest BCUT2D eigenvalue weighted by Gasteiger charge is -2.15. The van der Waals surface area contributed by atoms with Crippen molar-refractivity contribution in [3.63, 3.8) is 0 Å². The molecule has 3 rings (SSSR count). The van der Waals surface area contributed by atoms with Crippen LogP contribution < -0.4 is 10.6 Å². The number of hydrogen-bond donors (Lipinski definition) is 2. The molecule has 0 aliphatic carbocycles. The number of thiazole rings is 1. The zero-order valence-electron chi connectivity index (χ0n) is 16.3. The van der Waals surface area contributed by atoms with Gasteiger partial charge in [-0.1, -0.05) is 41.0 Å². The number of benzene rings is 1. The first-order valence-electron chi connectivity index (χ1n) is 9.01. The molecule has 12 heteroatoms. The van der Waals surface area contributed by atoms with Crippen molar-refractivity contribution < 1.29 is 9.59 Å². The summed E-state index contributed by atoms with van der Waals surface area (Å²) in [5.74, 6) is 0.101. The Hall–Kier alpha value is -2.40. The normalized spacial score (nSPS) is 11.7. The number of thioether (sulfide) groups is 1. The first kappa shape index (κ1) is 23.3. The highest BCUT2D eigenvalue weighted by atomic mass is 35.5. The number of carbonyl (C=O) groups excluding carboxylic acids is 2. The van der Waals surface area contributed by atoms with Crippen LogP contribution in [-0.4, -0.2) is 37.3 Å². The van der Waals surface area contributed by atoms with E-state index in [1.165, 1.54) is 29.2 Å². The van der Waals surface area contributed by atoms with Gasteiger partial charge in [-0.15, -0.1) is 28.1 Å². The van der Waals surface area contributed by atoms with Crippen LogP contribution in [0.25, 0.3) is 0 Å². The molecule has 1 atom stereocenters. The van der Waals surface area contributed by atoms with Crippen molar-refractivity contribution in [2.45, 2.75) is 24.7 Å². The molecule has 3 aromatic rings. The first-order valence-corrected chi connectivity index (χ1v) is 11.6. The van der Waals surface area contributed by atoms with E-state index in [9.17, 15) is 9.59 Å². The highest BCUT2D eigenvalue weighted by molar-refractivity contribution is 7.99. The summed E-state index contributed by atoms with van der Waals surface area (Å²) in [6, 6.07) is 4.20. The van der Waals surface area contributed by atoms with Gasteiger partial charge in [0.2, 0.25) is 5.91 Å². The van der Waals surface area contributed by atoms with E-state index in [0.717, 1.165) is 0 Å². The first-order chi connectivity index (χ1) is 14.9. The number of hydrogen-bond acceptors (Lipinski definition) is 7. The van der Waals surface area contributed by atoms with Crippen molar-refractivity contribution in [3.8, 4) is 0 Å². The molecule has 1 aromatic carbocycles. The number of halogens is 2. The fourth-order valence-corrected chi connectivity index (χ4v) is 4.41. The van der Waals surface area contributed by atoms with Crippen LogP contribution in [0.1, 0.15) is 29.1 Å². The van der Waals surface area contributed by atoms with E-state index in [0.29, 0.717) is 33.2 Å². The van der Waals surface area contributed by atoms with E-state index in [4.69, 9.17) is 23.2 Å². The van der Waals surface area contributed by atoms with Crippen molar-refractivity contribution in [1.29, 1.82) is 0 Å². The van der Waals surface area contributed by atoms with Crippen molar-refractivity contribution in [3.05, 3.63) is 63.9 Å². The molecule has 2 aromatic heterocycles. The number of nitrogens with one attached hydrogen (secondary N) is 2. The van der Waals surface area contributed by atoms with E-state index >= 15 is 0 Å². The van der Waals surface area contributed by atoms with E-state index in [1.54, 1.807) is 41.3 Å². The second-order valence-corrected chi connectivity index (χ2v) is 8.91. The topological polar surface area (TPSA) is 102 Å². The maximum absolute atomic E-state index is 12.6. The monoisotopic (exact) mass is 496 g/mol. The van der Waals surface area contributed by atoms with Crippen LogP contribution in [-0.2, 0) is 11.3 Å². The van der Waals surface area contributed by atoms with Crippen LogP contribution in [0.15, 0.2) is 47.6 Å². The number of aromatic nitrogens is 4. The number of allylic oxidation sites excluding steroid dienone is 1. The van der Waals surface area contributed by atoms with Crippen molar-refractivity contribution in [2.75, 3.05) is 11.1 Å². The molecule has 8 nitrogen and oxygen atoms in total. The summed E-state index contributed by atoms with van der Waals surface area (Å²) in [5, 5.41) is 17.5. The van der Waals surface area contributed by atoms with Gasteiger partial charge in [0.15, 0.2) is 16.1 Å². The number of amides is 2. The third-order valence-electron chi connectivity index (χ3n) is 3.98. The molecule has 0 aliphatic rings. The molecule has 2 amide bonds. The molecule has 0 radical (unpaired) electrons. The smallest absolute Gasteiger partial charge is 0.253 e. The Kier molecular flexibility index (Phi) is 8.08. The van der Waals surface area contributed by atoms with Gasteiger partial charge in [0.05, 0.1) is 22.4 Å². The molecule has 0 fully saturated rings. The zero-order valence-corrected chi connectivity index (χ0v) is 19.5. The third kappa shape index (κ3) is 6.07. The summed E-state index contributed by atoms with van der Waals surface area (Å²) in [6.07, 6.45) is 3.31. The molecule has 0 aliphatic heterocycles. The Balaban J connectivity index is 1.69. The molecule has 0 bridgehead atoms. The minimum atomic E-state index is -0.467. The third-order valence-corrected chi connectivity index (χ3v) is 6.18. The summed E-state index contributed by atoms with van der Waals surface area (Å²) >= 11 is 14.6. The fraction of sp³-hybridized carbons (Fsp3) is 0.211. The Labute approximate surface area is 197 Å². The van der Waals surface area contributed by atoms with Crippen LogP contribution in [0.3, 0.4) is 0 Å². The van der Waals surface area contributed by atoms with Crippen molar-refractivity contribution in [2.24, 2.45) is 0 Å². The Morgan fingerprint density at radius 2 is 2.16 bits per heavy atom. The molecule has 162 valence electrons. The van der Waals surface area contributed by atoms with Gasteiger partial charge in [-0.2, -0.15) is 0 Å². The van der Waals surface area contributed by atoms with Crippen molar-refractivity contribution in [1.82, 2.24) is 25.1 Å². The zero-order chi connectivity index (χ0) is 22.4. The predicted molar refractivity (Wildman–Crippen MR) is 124 cm³/mol. The Morgan fingerprint density at radius 3 is 2.84 bits per heavy atom. The molecule has 31 heavy (non-hydrogen) atoms. The van der Waals surface area contributed by atoms with E-state index < -0.39 is 6.04 Å². The summed E-state index contributed by atoms with van der Waals surface area (Å²) < 4.78 is 1.79. The molecule has 0 saturated heterocycles. The van der Waals surface area contributed by atoms with Gasteiger partial charge in [0, 0.05) is 23.1 Å². The quantitative estimate of drug-likeness (QED) is 0.335. The average molecular weight is 497 g/mol. The molecule has 2 heterocycles. The number of anilines is 1. The van der Waals surface area contributed by atoms with Gasteiger partial charge in [-0.3, -0.25) is 9.59 Å². The average Bonchev–Trinajstić information content (AvgIpc) is 3.36. The summed E-state index contributed by atoms with van der Waals surface area (Å²) in [4.78, 5) is 28.8. The molecule has 0 spiro atoms. The molecular formula is C19H18Cl2N6O2S2. The summed E-state index contributed by atoms with van der Waals surface area (Å²) in [5.41, 5.74) is 0.307. The lowest BCUT2D eigenvalue weighted by Crippen LogP contribution is -2.29. The lowest BCUT2D eigenvalue weighted by atomic mass is 10.2. The van der Waals surface area contributed by atoms with E-state index in [1.807, 2.05) is 0 Å².